The molecule has 0 unspecified atom stereocenters. The summed E-state index contributed by atoms with van der Waals surface area (Å²) in [5.74, 6) is -0.907. The van der Waals surface area contributed by atoms with Gasteiger partial charge in [-0.1, -0.05) is 29.3 Å². The Hall–Kier alpha value is -3.40. The molecule has 0 aliphatic rings. The predicted octanol–water partition coefficient (Wildman–Crippen LogP) is 2.84. The number of ether oxygens (including phenoxy) is 2. The lowest BCUT2D eigenvalue weighted by Gasteiger charge is -2.10. The average Bonchev–Trinajstić information content (AvgIpc) is 2.79. The number of hydrogen-bond acceptors (Lipinski definition) is 6. The highest BCUT2D eigenvalue weighted by Crippen LogP contribution is 2.22. The topological polar surface area (TPSA) is 118 Å². The van der Waals surface area contributed by atoms with Crippen molar-refractivity contribution in [3.63, 3.8) is 0 Å². The van der Waals surface area contributed by atoms with Crippen molar-refractivity contribution < 1.29 is 23.9 Å². The largest absolute Gasteiger partial charge is 0.497 e. The Morgan fingerprint density at radius 1 is 1.09 bits per heavy atom. The van der Waals surface area contributed by atoms with Crippen LogP contribution in [0.1, 0.15) is 25.3 Å². The van der Waals surface area contributed by atoms with Gasteiger partial charge < -0.3 is 20.1 Å². The molecule has 3 amide bonds. The summed E-state index contributed by atoms with van der Waals surface area (Å²) in [6.07, 6.45) is 3.02. The molecule has 0 heterocycles. The van der Waals surface area contributed by atoms with E-state index in [9.17, 15) is 14.4 Å². The van der Waals surface area contributed by atoms with Crippen molar-refractivity contribution in [3.05, 3.63) is 52.5 Å². The third kappa shape index (κ3) is 8.38. The molecule has 32 heavy (non-hydrogen) atoms. The fourth-order valence-corrected chi connectivity index (χ4v) is 2.82. The van der Waals surface area contributed by atoms with Crippen LogP contribution in [0.25, 0.3) is 0 Å². The van der Waals surface area contributed by atoms with E-state index in [0.29, 0.717) is 29.3 Å². The Morgan fingerprint density at radius 2 is 1.84 bits per heavy atom. The van der Waals surface area contributed by atoms with E-state index in [4.69, 9.17) is 9.47 Å². The van der Waals surface area contributed by atoms with Gasteiger partial charge in [-0.2, -0.15) is 5.10 Å². The number of nitrogens with zero attached hydrogens (tertiary/aromatic N) is 1. The zero-order valence-corrected chi connectivity index (χ0v) is 19.4. The van der Waals surface area contributed by atoms with Crippen LogP contribution in [-0.4, -0.2) is 44.2 Å². The molecule has 0 spiro atoms. The van der Waals surface area contributed by atoms with E-state index in [2.05, 4.69) is 37.1 Å². The van der Waals surface area contributed by atoms with Gasteiger partial charge in [-0.05, 0) is 48.9 Å². The molecule has 0 saturated carbocycles. The highest BCUT2D eigenvalue weighted by molar-refractivity contribution is 9.10. The van der Waals surface area contributed by atoms with E-state index in [1.165, 1.54) is 6.21 Å². The lowest BCUT2D eigenvalue weighted by Crippen LogP contribution is -2.38. The number of rotatable bonds is 10. The van der Waals surface area contributed by atoms with Crippen LogP contribution in [0.4, 0.5) is 5.69 Å². The fourth-order valence-electron chi connectivity index (χ4n) is 2.44. The molecular weight excluding hydrogens is 480 g/mol. The van der Waals surface area contributed by atoms with Crippen molar-refractivity contribution in [3.8, 4) is 11.5 Å². The smallest absolute Gasteiger partial charge is 0.329 e. The standard InChI is InChI=1S/C22H25BrN4O5/c1-3-4-11-24-21(29)22(30)27-25-13-15-12-16(23)5-10-19(15)32-14-20(28)26-17-6-8-18(31-2)9-7-17/h5-10,12-13H,3-4,11,14H2,1-2H3,(H,24,29)(H,26,28)(H,27,30)/b25-13-. The maximum Gasteiger partial charge on any atom is 0.329 e. The number of amides is 3. The molecule has 0 fully saturated rings. The molecule has 0 aromatic heterocycles. The highest BCUT2D eigenvalue weighted by atomic mass is 79.9. The first kappa shape index (κ1) is 24.9. The van der Waals surface area contributed by atoms with E-state index in [0.717, 1.165) is 17.3 Å². The van der Waals surface area contributed by atoms with Crippen LogP contribution in [0.2, 0.25) is 0 Å². The number of methoxy groups -OCH3 is 1. The monoisotopic (exact) mass is 504 g/mol. The van der Waals surface area contributed by atoms with Crippen molar-refractivity contribution in [2.45, 2.75) is 19.8 Å². The van der Waals surface area contributed by atoms with Crippen LogP contribution < -0.4 is 25.5 Å². The summed E-state index contributed by atoms with van der Waals surface area (Å²) in [5, 5.41) is 9.03. The Kier molecular flexibility index (Phi) is 10.2. The van der Waals surface area contributed by atoms with Gasteiger partial charge in [-0.25, -0.2) is 5.43 Å². The van der Waals surface area contributed by atoms with Crippen molar-refractivity contribution >= 4 is 45.6 Å². The van der Waals surface area contributed by atoms with Gasteiger partial charge in [0.05, 0.1) is 13.3 Å². The summed E-state index contributed by atoms with van der Waals surface area (Å²) in [6.45, 7) is 2.17. The number of carbonyl (C=O) groups excluding carboxylic acids is 3. The summed E-state index contributed by atoms with van der Waals surface area (Å²) in [4.78, 5) is 35.6. The molecule has 0 saturated heterocycles. The minimum atomic E-state index is -0.867. The molecule has 3 N–H and O–H groups in total. The van der Waals surface area contributed by atoms with Crippen LogP contribution in [0.5, 0.6) is 11.5 Å². The summed E-state index contributed by atoms with van der Waals surface area (Å²) >= 11 is 3.35. The predicted molar refractivity (Wildman–Crippen MR) is 125 cm³/mol. The Balaban J connectivity index is 1.92. The summed E-state index contributed by atoms with van der Waals surface area (Å²) in [6, 6.07) is 12.0. The van der Waals surface area contributed by atoms with Crippen LogP contribution >= 0.6 is 15.9 Å². The lowest BCUT2D eigenvalue weighted by molar-refractivity contribution is -0.139. The van der Waals surface area contributed by atoms with Crippen molar-refractivity contribution in [1.29, 1.82) is 0 Å². The van der Waals surface area contributed by atoms with Gasteiger partial charge in [-0.15, -0.1) is 0 Å². The maximum atomic E-state index is 12.2. The zero-order valence-electron chi connectivity index (χ0n) is 17.8. The fraction of sp³-hybridized carbons (Fsp3) is 0.273. The maximum absolute atomic E-state index is 12.2. The molecule has 2 rings (SSSR count). The summed E-state index contributed by atoms with van der Waals surface area (Å²) < 4.78 is 11.4. The molecule has 10 heteroatoms. The van der Waals surface area contributed by atoms with Crippen LogP contribution in [-0.2, 0) is 14.4 Å². The Labute approximate surface area is 194 Å². The third-order valence-electron chi connectivity index (χ3n) is 4.10. The summed E-state index contributed by atoms with van der Waals surface area (Å²) in [5.41, 5.74) is 3.28. The highest BCUT2D eigenvalue weighted by Gasteiger charge is 2.12. The number of hydrogen-bond donors (Lipinski definition) is 3. The zero-order chi connectivity index (χ0) is 23.3. The van der Waals surface area contributed by atoms with E-state index in [-0.39, 0.29) is 12.5 Å². The van der Waals surface area contributed by atoms with Crippen LogP contribution in [0.15, 0.2) is 52.0 Å². The minimum Gasteiger partial charge on any atom is -0.497 e. The van der Waals surface area contributed by atoms with Crippen molar-refractivity contribution in [2.75, 3.05) is 25.6 Å². The molecule has 2 aromatic carbocycles. The van der Waals surface area contributed by atoms with Gasteiger partial charge in [-0.3, -0.25) is 14.4 Å². The van der Waals surface area contributed by atoms with Gasteiger partial charge in [0.15, 0.2) is 6.61 Å². The van der Waals surface area contributed by atoms with Crippen LogP contribution in [0, 0.1) is 0 Å². The number of anilines is 1. The number of unbranched alkanes of at least 4 members (excludes halogenated alkanes) is 1. The van der Waals surface area contributed by atoms with Gasteiger partial charge in [0.25, 0.3) is 5.91 Å². The van der Waals surface area contributed by atoms with E-state index < -0.39 is 11.8 Å². The number of hydrazone groups is 1. The summed E-state index contributed by atoms with van der Waals surface area (Å²) in [7, 11) is 1.56. The molecular formula is C22H25BrN4O5. The lowest BCUT2D eigenvalue weighted by atomic mass is 10.2. The molecule has 0 atom stereocenters. The first-order valence-electron chi connectivity index (χ1n) is 9.90. The first-order chi connectivity index (χ1) is 15.4. The second kappa shape index (κ2) is 13.1. The molecule has 170 valence electrons. The van der Waals surface area contributed by atoms with Gasteiger partial charge in [0, 0.05) is 22.3 Å². The molecule has 0 aliphatic carbocycles. The quantitative estimate of drug-likeness (QED) is 0.199. The second-order valence-electron chi connectivity index (χ2n) is 6.56. The molecule has 0 bridgehead atoms. The Morgan fingerprint density at radius 3 is 2.53 bits per heavy atom. The SMILES string of the molecule is CCCCNC(=O)C(=O)N/N=C\c1cc(Br)ccc1OCC(=O)Nc1ccc(OC)cc1. The van der Waals surface area contributed by atoms with E-state index >= 15 is 0 Å². The van der Waals surface area contributed by atoms with Crippen molar-refractivity contribution in [1.82, 2.24) is 10.7 Å². The Bertz CT molecular complexity index is 963. The van der Waals surface area contributed by atoms with Gasteiger partial charge >= 0.3 is 11.8 Å². The normalized spacial score (nSPS) is 10.5. The first-order valence-corrected chi connectivity index (χ1v) is 10.7. The number of nitrogens with one attached hydrogen (secondary N) is 3. The molecule has 9 nitrogen and oxygen atoms in total. The van der Waals surface area contributed by atoms with Gasteiger partial charge in [0.1, 0.15) is 11.5 Å². The third-order valence-corrected chi connectivity index (χ3v) is 4.59. The average molecular weight is 505 g/mol. The molecule has 2 aromatic rings. The molecule has 0 aliphatic heterocycles. The second-order valence-corrected chi connectivity index (χ2v) is 7.47. The number of halogens is 1. The van der Waals surface area contributed by atoms with Crippen LogP contribution in [0.3, 0.4) is 0 Å². The van der Waals surface area contributed by atoms with E-state index in [1.807, 2.05) is 6.92 Å². The van der Waals surface area contributed by atoms with E-state index in [1.54, 1.807) is 49.6 Å². The number of benzene rings is 2. The minimum absolute atomic E-state index is 0.235. The number of carbonyl (C=O) groups is 3. The van der Waals surface area contributed by atoms with Gasteiger partial charge in [0.2, 0.25) is 0 Å². The molecule has 0 radical (unpaired) electrons. The van der Waals surface area contributed by atoms with Crippen molar-refractivity contribution in [2.24, 2.45) is 5.10 Å².